The molecule has 0 heterocycles. The highest BCUT2D eigenvalue weighted by Gasteiger charge is 2.25. The van der Waals surface area contributed by atoms with E-state index in [-0.39, 0.29) is 11.3 Å². The molecular weight excluding hydrogens is 345 g/mol. The maximum atomic E-state index is 13.8. The number of halogens is 1. The van der Waals surface area contributed by atoms with Gasteiger partial charge in [-0.2, -0.15) is 0 Å². The van der Waals surface area contributed by atoms with Crippen LogP contribution in [0.3, 0.4) is 0 Å². The molecule has 0 bridgehead atoms. The fourth-order valence-electron chi connectivity index (χ4n) is 3.20. The first-order chi connectivity index (χ1) is 11.9. The summed E-state index contributed by atoms with van der Waals surface area (Å²) in [5, 5.41) is 9.63. The lowest BCUT2D eigenvalue weighted by Crippen LogP contribution is -2.18. The smallest absolute Gasteiger partial charge is 0.338 e. The van der Waals surface area contributed by atoms with Gasteiger partial charge in [0, 0.05) is 0 Å². The van der Waals surface area contributed by atoms with E-state index >= 15 is 0 Å². The largest absolute Gasteiger partial charge is 0.478 e. The normalized spacial score (nSPS) is 14.4. The van der Waals surface area contributed by atoms with E-state index in [1.165, 1.54) is 18.2 Å². The average molecular weight is 363 g/mol. The van der Waals surface area contributed by atoms with Crippen molar-refractivity contribution < 1.29 is 22.7 Å². The van der Waals surface area contributed by atoms with Crippen molar-refractivity contribution in [2.45, 2.75) is 37.0 Å². The highest BCUT2D eigenvalue weighted by atomic mass is 32.2. The second-order valence-electron chi connectivity index (χ2n) is 6.03. The van der Waals surface area contributed by atoms with Gasteiger partial charge in [0.2, 0.25) is 0 Å². The van der Waals surface area contributed by atoms with Gasteiger partial charge in [0.05, 0.1) is 11.3 Å². The number of rotatable bonds is 4. The van der Waals surface area contributed by atoms with Crippen LogP contribution in [0.1, 0.15) is 40.7 Å². The van der Waals surface area contributed by atoms with Crippen molar-refractivity contribution >= 4 is 21.7 Å². The Hall–Kier alpha value is -2.41. The van der Waals surface area contributed by atoms with Crippen LogP contribution in [0.5, 0.6) is 0 Å². The quantitative estimate of drug-likeness (QED) is 0.813. The average Bonchev–Trinajstić information content (AvgIpc) is 2.79. The third-order valence-corrected chi connectivity index (χ3v) is 5.77. The van der Waals surface area contributed by atoms with Crippen LogP contribution in [0.2, 0.25) is 0 Å². The summed E-state index contributed by atoms with van der Waals surface area (Å²) in [6, 6.07) is 8.19. The minimum Gasteiger partial charge on any atom is -0.478 e. The molecular formula is C18H18FNO4S. The molecule has 132 valence electrons. The van der Waals surface area contributed by atoms with E-state index in [2.05, 4.69) is 4.72 Å². The molecule has 0 radical (unpaired) electrons. The Morgan fingerprint density at radius 1 is 1.04 bits per heavy atom. The standard InChI is InChI=1S/C18H18FNO4S/c19-14-8-4-5-9-16(14)25(23,24)20-15-11-10-12-6-2-1-3-7-13(12)17(15)18(21)22/h4-5,8-11,20H,1-3,6-7H2,(H,21,22). The van der Waals surface area contributed by atoms with Crippen molar-refractivity contribution in [2.75, 3.05) is 4.72 Å². The third kappa shape index (κ3) is 3.51. The molecule has 0 aliphatic heterocycles. The van der Waals surface area contributed by atoms with E-state index in [1.807, 2.05) is 0 Å². The molecule has 0 amide bonds. The van der Waals surface area contributed by atoms with Gasteiger partial charge < -0.3 is 5.11 Å². The van der Waals surface area contributed by atoms with Crippen molar-refractivity contribution in [1.29, 1.82) is 0 Å². The lowest BCUT2D eigenvalue weighted by Gasteiger charge is -2.16. The van der Waals surface area contributed by atoms with Crippen LogP contribution in [0.25, 0.3) is 0 Å². The number of sulfonamides is 1. The van der Waals surface area contributed by atoms with Crippen LogP contribution in [0.15, 0.2) is 41.3 Å². The Morgan fingerprint density at radius 3 is 2.48 bits per heavy atom. The van der Waals surface area contributed by atoms with Gasteiger partial charge in [-0.25, -0.2) is 17.6 Å². The van der Waals surface area contributed by atoms with Crippen LogP contribution in [0, 0.1) is 5.82 Å². The molecule has 7 heteroatoms. The molecule has 2 aromatic rings. The van der Waals surface area contributed by atoms with Crippen molar-refractivity contribution in [3.8, 4) is 0 Å². The molecule has 0 fully saturated rings. The topological polar surface area (TPSA) is 83.5 Å². The molecule has 0 saturated heterocycles. The summed E-state index contributed by atoms with van der Waals surface area (Å²) < 4.78 is 41.1. The van der Waals surface area contributed by atoms with Gasteiger partial charge in [-0.15, -0.1) is 0 Å². The zero-order valence-corrected chi connectivity index (χ0v) is 14.3. The second-order valence-corrected chi connectivity index (χ2v) is 7.68. The summed E-state index contributed by atoms with van der Waals surface area (Å²) in [6.07, 6.45) is 4.20. The zero-order valence-electron chi connectivity index (χ0n) is 13.5. The number of hydrogen-bond acceptors (Lipinski definition) is 3. The highest BCUT2D eigenvalue weighted by Crippen LogP contribution is 2.31. The lowest BCUT2D eigenvalue weighted by atomic mass is 9.96. The lowest BCUT2D eigenvalue weighted by molar-refractivity contribution is 0.0696. The molecule has 2 N–H and O–H groups in total. The van der Waals surface area contributed by atoms with Gasteiger partial charge in [-0.3, -0.25) is 4.72 Å². The van der Waals surface area contributed by atoms with Crippen LogP contribution in [-0.4, -0.2) is 19.5 Å². The summed E-state index contributed by atoms with van der Waals surface area (Å²) in [4.78, 5) is 11.3. The van der Waals surface area contributed by atoms with Crippen molar-refractivity contribution in [3.05, 3.63) is 58.9 Å². The summed E-state index contributed by atoms with van der Waals surface area (Å²) in [5.41, 5.74) is 1.53. The third-order valence-electron chi connectivity index (χ3n) is 4.37. The van der Waals surface area contributed by atoms with Gasteiger partial charge in [-0.05, 0) is 55.0 Å². The SMILES string of the molecule is O=C(O)c1c(NS(=O)(=O)c2ccccc2F)ccc2c1CCCCC2. The van der Waals surface area contributed by atoms with Crippen LogP contribution < -0.4 is 4.72 Å². The zero-order chi connectivity index (χ0) is 18.0. The first-order valence-electron chi connectivity index (χ1n) is 8.05. The Kier molecular flexibility index (Phi) is 4.76. The molecule has 1 aliphatic carbocycles. The van der Waals surface area contributed by atoms with E-state index in [0.29, 0.717) is 12.0 Å². The van der Waals surface area contributed by atoms with Gasteiger partial charge in [0.15, 0.2) is 0 Å². The summed E-state index contributed by atoms with van der Waals surface area (Å²) in [6.45, 7) is 0. The molecule has 0 saturated carbocycles. The second kappa shape index (κ2) is 6.84. The Morgan fingerprint density at radius 2 is 1.76 bits per heavy atom. The summed E-state index contributed by atoms with van der Waals surface area (Å²) in [5.74, 6) is -2.08. The van der Waals surface area contributed by atoms with Gasteiger partial charge >= 0.3 is 5.97 Å². The molecule has 3 rings (SSSR count). The molecule has 0 unspecified atom stereocenters. The number of aryl methyl sites for hydroxylation is 1. The van der Waals surface area contributed by atoms with Crippen molar-refractivity contribution in [3.63, 3.8) is 0 Å². The van der Waals surface area contributed by atoms with Crippen molar-refractivity contribution in [1.82, 2.24) is 0 Å². The Balaban J connectivity index is 2.07. The number of anilines is 1. The number of carboxylic acid groups (broad SMARTS) is 1. The van der Waals surface area contributed by atoms with Crippen LogP contribution in [-0.2, 0) is 22.9 Å². The number of aromatic carboxylic acids is 1. The predicted octanol–water partition coefficient (Wildman–Crippen LogP) is 3.59. The number of benzene rings is 2. The maximum absolute atomic E-state index is 13.8. The molecule has 5 nitrogen and oxygen atoms in total. The number of carbonyl (C=O) groups is 1. The van der Waals surface area contributed by atoms with E-state index in [4.69, 9.17) is 0 Å². The minimum atomic E-state index is -4.22. The summed E-state index contributed by atoms with van der Waals surface area (Å²) >= 11 is 0. The van der Waals surface area contributed by atoms with Crippen molar-refractivity contribution in [2.24, 2.45) is 0 Å². The maximum Gasteiger partial charge on any atom is 0.338 e. The molecule has 2 aromatic carbocycles. The highest BCUT2D eigenvalue weighted by molar-refractivity contribution is 7.92. The molecule has 0 spiro atoms. The van der Waals surface area contributed by atoms with Crippen LogP contribution >= 0.6 is 0 Å². The van der Waals surface area contributed by atoms with Crippen LogP contribution in [0.4, 0.5) is 10.1 Å². The van der Waals surface area contributed by atoms with Gasteiger partial charge in [-0.1, -0.05) is 24.6 Å². The fourth-order valence-corrected chi connectivity index (χ4v) is 4.35. The van der Waals surface area contributed by atoms with Gasteiger partial charge in [0.1, 0.15) is 10.7 Å². The predicted molar refractivity (Wildman–Crippen MR) is 91.9 cm³/mol. The Labute approximate surface area is 145 Å². The molecule has 25 heavy (non-hydrogen) atoms. The molecule has 1 aliphatic rings. The van der Waals surface area contributed by atoms with E-state index in [1.54, 1.807) is 6.07 Å². The number of carboxylic acids is 1. The van der Waals surface area contributed by atoms with E-state index in [0.717, 1.165) is 43.4 Å². The monoisotopic (exact) mass is 363 g/mol. The molecule has 0 atom stereocenters. The van der Waals surface area contributed by atoms with E-state index in [9.17, 15) is 22.7 Å². The first-order valence-corrected chi connectivity index (χ1v) is 9.54. The summed E-state index contributed by atoms with van der Waals surface area (Å²) in [7, 11) is -4.22. The first kappa shape index (κ1) is 17.4. The number of nitrogens with one attached hydrogen (secondary N) is 1. The molecule has 0 aromatic heterocycles. The number of hydrogen-bond donors (Lipinski definition) is 2. The van der Waals surface area contributed by atoms with Gasteiger partial charge in [0.25, 0.3) is 10.0 Å². The van der Waals surface area contributed by atoms with E-state index < -0.39 is 26.7 Å². The fraction of sp³-hybridized carbons (Fsp3) is 0.278. The Bertz CT molecular complexity index is 925. The minimum absolute atomic E-state index is 0.0311. The number of fused-ring (bicyclic) bond motifs is 1.